The Labute approximate surface area is 172 Å². The van der Waals surface area contributed by atoms with Crippen molar-refractivity contribution in [1.29, 1.82) is 0 Å². The molecule has 1 aliphatic heterocycles. The van der Waals surface area contributed by atoms with Crippen LogP contribution >= 0.6 is 11.8 Å². The van der Waals surface area contributed by atoms with Crippen molar-refractivity contribution >= 4 is 44.6 Å². The first-order valence-electron chi connectivity index (χ1n) is 9.41. The standard InChI is InChI=1S/C23H19N3O2S/c1-26-19-9-5-4-8-18(19)24-20(26)13-23(22(27)28)14-29-21(25-23)17-11-10-15-6-2-3-7-16(15)12-17/h2-12H,13-14H2,1H3,(H,27,28). The number of fused-ring (bicyclic) bond motifs is 2. The molecule has 0 saturated carbocycles. The van der Waals surface area contributed by atoms with Gasteiger partial charge in [0.15, 0.2) is 5.54 Å². The third-order valence-corrected chi connectivity index (χ3v) is 6.71. The predicted octanol–water partition coefficient (Wildman–Crippen LogP) is 4.29. The van der Waals surface area contributed by atoms with E-state index in [1.54, 1.807) is 0 Å². The molecule has 1 unspecified atom stereocenters. The molecule has 6 heteroatoms. The number of rotatable bonds is 4. The molecular formula is C23H19N3O2S. The zero-order chi connectivity index (χ0) is 20.0. The number of hydrogen-bond acceptors (Lipinski definition) is 4. The molecule has 1 aliphatic rings. The van der Waals surface area contributed by atoms with Crippen LogP contribution in [0.4, 0.5) is 0 Å². The van der Waals surface area contributed by atoms with E-state index in [9.17, 15) is 9.90 Å². The van der Waals surface area contributed by atoms with E-state index in [4.69, 9.17) is 4.99 Å². The topological polar surface area (TPSA) is 67.5 Å². The van der Waals surface area contributed by atoms with Crippen LogP contribution < -0.4 is 0 Å². The molecule has 1 atom stereocenters. The minimum Gasteiger partial charge on any atom is -0.479 e. The molecule has 4 aromatic rings. The number of aromatic nitrogens is 2. The number of aryl methyl sites for hydroxylation is 1. The number of aliphatic imine (C=N–C) groups is 1. The van der Waals surface area contributed by atoms with Crippen LogP contribution in [-0.2, 0) is 18.3 Å². The lowest BCUT2D eigenvalue weighted by atomic mass is 9.98. The number of nitrogens with zero attached hydrogens (tertiary/aromatic N) is 3. The summed E-state index contributed by atoms with van der Waals surface area (Å²) in [6, 6.07) is 22.1. The molecule has 1 aromatic heterocycles. The Balaban J connectivity index is 1.54. The number of hydrogen-bond donors (Lipinski definition) is 1. The van der Waals surface area contributed by atoms with Gasteiger partial charge in [-0.25, -0.2) is 9.78 Å². The SMILES string of the molecule is Cn1c(CC2(C(=O)O)CSC(c3ccc4ccccc4c3)=N2)nc2ccccc21. The minimum absolute atomic E-state index is 0.262. The van der Waals surface area contributed by atoms with Crippen LogP contribution in [0.5, 0.6) is 0 Å². The van der Waals surface area contributed by atoms with E-state index in [-0.39, 0.29) is 6.42 Å². The first-order valence-corrected chi connectivity index (χ1v) is 10.4. The molecule has 0 fully saturated rings. The highest BCUT2D eigenvalue weighted by Gasteiger charge is 2.44. The second kappa shape index (κ2) is 6.74. The molecule has 0 bridgehead atoms. The number of carbonyl (C=O) groups is 1. The van der Waals surface area contributed by atoms with Gasteiger partial charge in [-0.1, -0.05) is 48.5 Å². The first-order chi connectivity index (χ1) is 14.1. The van der Waals surface area contributed by atoms with Crippen molar-refractivity contribution in [3.63, 3.8) is 0 Å². The molecule has 1 N–H and O–H groups in total. The van der Waals surface area contributed by atoms with E-state index in [1.165, 1.54) is 11.8 Å². The molecule has 0 radical (unpaired) electrons. The van der Waals surface area contributed by atoms with Crippen molar-refractivity contribution in [3.8, 4) is 0 Å². The van der Waals surface area contributed by atoms with E-state index < -0.39 is 11.5 Å². The Kier molecular flexibility index (Phi) is 4.17. The molecule has 5 nitrogen and oxygen atoms in total. The van der Waals surface area contributed by atoms with Gasteiger partial charge >= 0.3 is 5.97 Å². The second-order valence-electron chi connectivity index (χ2n) is 7.36. The van der Waals surface area contributed by atoms with Gasteiger partial charge in [-0.2, -0.15) is 0 Å². The zero-order valence-corrected chi connectivity index (χ0v) is 16.7. The van der Waals surface area contributed by atoms with Crippen LogP contribution in [0.3, 0.4) is 0 Å². The lowest BCUT2D eigenvalue weighted by Gasteiger charge is -2.19. The average Bonchev–Trinajstić information content (AvgIpc) is 3.31. The number of para-hydroxylation sites is 2. The fourth-order valence-electron chi connectivity index (χ4n) is 3.81. The van der Waals surface area contributed by atoms with Crippen molar-refractivity contribution < 1.29 is 9.90 Å². The Morgan fingerprint density at radius 1 is 1.10 bits per heavy atom. The summed E-state index contributed by atoms with van der Waals surface area (Å²) in [5.74, 6) is 0.221. The van der Waals surface area contributed by atoms with Crippen LogP contribution in [-0.4, -0.2) is 37.0 Å². The van der Waals surface area contributed by atoms with Crippen molar-refractivity contribution in [2.75, 3.05) is 5.75 Å². The Bertz CT molecular complexity index is 1290. The summed E-state index contributed by atoms with van der Waals surface area (Å²) in [6.45, 7) is 0. The maximum absolute atomic E-state index is 12.3. The van der Waals surface area contributed by atoms with Crippen LogP contribution in [0, 0.1) is 0 Å². The molecule has 29 heavy (non-hydrogen) atoms. The summed E-state index contributed by atoms with van der Waals surface area (Å²) in [7, 11) is 1.93. The Morgan fingerprint density at radius 3 is 2.66 bits per heavy atom. The van der Waals surface area contributed by atoms with E-state index in [0.717, 1.165) is 38.2 Å². The Morgan fingerprint density at radius 2 is 1.86 bits per heavy atom. The van der Waals surface area contributed by atoms with Gasteiger partial charge in [0, 0.05) is 24.8 Å². The van der Waals surface area contributed by atoms with Crippen LogP contribution in [0.1, 0.15) is 11.4 Å². The van der Waals surface area contributed by atoms with E-state index in [0.29, 0.717) is 5.75 Å². The van der Waals surface area contributed by atoms with Gasteiger partial charge in [0.1, 0.15) is 5.82 Å². The fourth-order valence-corrected chi connectivity index (χ4v) is 5.01. The summed E-state index contributed by atoms with van der Waals surface area (Å²) in [6.07, 6.45) is 0.262. The number of aliphatic carboxylic acids is 1. The summed E-state index contributed by atoms with van der Waals surface area (Å²) < 4.78 is 1.97. The summed E-state index contributed by atoms with van der Waals surface area (Å²) >= 11 is 1.50. The van der Waals surface area contributed by atoms with E-state index in [1.807, 2.05) is 54.1 Å². The third-order valence-electron chi connectivity index (χ3n) is 5.49. The van der Waals surface area contributed by atoms with Gasteiger partial charge in [0.2, 0.25) is 0 Å². The number of carboxylic acids is 1. The quantitative estimate of drug-likeness (QED) is 0.554. The minimum atomic E-state index is -1.21. The molecule has 0 saturated heterocycles. The van der Waals surface area contributed by atoms with Gasteiger partial charge in [-0.15, -0.1) is 11.8 Å². The second-order valence-corrected chi connectivity index (χ2v) is 8.32. The number of carboxylic acid groups (broad SMARTS) is 1. The number of thioether (sulfide) groups is 1. The lowest BCUT2D eigenvalue weighted by Crippen LogP contribution is -2.40. The summed E-state index contributed by atoms with van der Waals surface area (Å²) in [5.41, 5.74) is 1.62. The predicted molar refractivity (Wildman–Crippen MR) is 118 cm³/mol. The van der Waals surface area contributed by atoms with Crippen molar-refractivity contribution in [3.05, 3.63) is 78.1 Å². The molecule has 144 valence electrons. The van der Waals surface area contributed by atoms with E-state index in [2.05, 4.69) is 29.2 Å². The van der Waals surface area contributed by atoms with Crippen molar-refractivity contribution in [1.82, 2.24) is 9.55 Å². The van der Waals surface area contributed by atoms with Crippen LogP contribution in [0.25, 0.3) is 21.8 Å². The highest BCUT2D eigenvalue weighted by molar-refractivity contribution is 8.14. The summed E-state index contributed by atoms with van der Waals surface area (Å²) in [5, 5.41) is 13.1. The molecule has 3 aromatic carbocycles. The molecule has 5 rings (SSSR count). The van der Waals surface area contributed by atoms with E-state index >= 15 is 0 Å². The molecule has 0 spiro atoms. The third kappa shape index (κ3) is 3.00. The lowest BCUT2D eigenvalue weighted by molar-refractivity contribution is -0.142. The fraction of sp³-hybridized carbons (Fsp3) is 0.174. The van der Waals surface area contributed by atoms with Crippen molar-refractivity contribution in [2.45, 2.75) is 12.0 Å². The molecule has 0 amide bonds. The van der Waals surface area contributed by atoms with Crippen LogP contribution in [0.15, 0.2) is 71.7 Å². The largest absolute Gasteiger partial charge is 0.479 e. The van der Waals surface area contributed by atoms with Crippen LogP contribution in [0.2, 0.25) is 0 Å². The summed E-state index contributed by atoms with van der Waals surface area (Å²) in [4.78, 5) is 21.7. The van der Waals surface area contributed by atoms with Gasteiger partial charge in [-0.3, -0.25) is 4.99 Å². The zero-order valence-electron chi connectivity index (χ0n) is 15.9. The van der Waals surface area contributed by atoms with Gasteiger partial charge in [-0.05, 0) is 29.0 Å². The normalized spacial score (nSPS) is 19.0. The Hall–Kier alpha value is -3.12. The monoisotopic (exact) mass is 401 g/mol. The van der Waals surface area contributed by atoms with Crippen molar-refractivity contribution in [2.24, 2.45) is 12.0 Å². The molecular weight excluding hydrogens is 382 g/mol. The maximum Gasteiger partial charge on any atom is 0.332 e. The maximum atomic E-state index is 12.3. The average molecular weight is 401 g/mol. The smallest absolute Gasteiger partial charge is 0.332 e. The number of benzene rings is 3. The first kappa shape index (κ1) is 17.9. The molecule has 2 heterocycles. The number of imidazole rings is 1. The molecule has 0 aliphatic carbocycles. The highest BCUT2D eigenvalue weighted by Crippen LogP contribution is 2.35. The highest BCUT2D eigenvalue weighted by atomic mass is 32.2. The van der Waals surface area contributed by atoms with Gasteiger partial charge < -0.3 is 9.67 Å². The van der Waals surface area contributed by atoms with Gasteiger partial charge in [0.05, 0.1) is 16.1 Å². The van der Waals surface area contributed by atoms with Gasteiger partial charge in [0.25, 0.3) is 0 Å².